The van der Waals surface area contributed by atoms with Gasteiger partial charge in [-0.05, 0) is 62.4 Å². The predicted molar refractivity (Wildman–Crippen MR) is 90.1 cm³/mol. The van der Waals surface area contributed by atoms with Crippen molar-refractivity contribution in [2.45, 2.75) is 50.7 Å². The molecule has 1 aliphatic rings. The van der Waals surface area contributed by atoms with Crippen molar-refractivity contribution in [1.29, 1.82) is 0 Å². The van der Waals surface area contributed by atoms with E-state index in [-0.39, 0.29) is 5.60 Å². The molecule has 1 aromatic carbocycles. The van der Waals surface area contributed by atoms with Crippen molar-refractivity contribution >= 4 is 15.9 Å². The zero-order valence-corrected chi connectivity index (χ0v) is 14.8. The molecule has 0 amide bonds. The van der Waals surface area contributed by atoms with Crippen LogP contribution in [0.1, 0.15) is 38.2 Å². The van der Waals surface area contributed by atoms with E-state index in [1.54, 1.807) is 7.11 Å². The van der Waals surface area contributed by atoms with E-state index in [1.165, 1.54) is 12.0 Å². The number of nitrogens with one attached hydrogen (secondary N) is 1. The van der Waals surface area contributed by atoms with Gasteiger partial charge >= 0.3 is 0 Å². The van der Waals surface area contributed by atoms with Gasteiger partial charge in [0.05, 0.1) is 12.7 Å². The van der Waals surface area contributed by atoms with Crippen molar-refractivity contribution in [3.8, 4) is 5.75 Å². The Bertz CT molecular complexity index is 455. The molecule has 4 heteroatoms. The number of rotatable bonds is 8. The van der Waals surface area contributed by atoms with E-state index in [0.717, 1.165) is 42.5 Å². The molecule has 0 heterocycles. The maximum atomic E-state index is 5.89. The van der Waals surface area contributed by atoms with Gasteiger partial charge in [0.1, 0.15) is 5.75 Å². The Kier molecular flexibility index (Phi) is 6.08. The highest BCUT2D eigenvalue weighted by molar-refractivity contribution is 9.10. The summed E-state index contributed by atoms with van der Waals surface area (Å²) in [6, 6.07) is 6.53. The van der Waals surface area contributed by atoms with Crippen LogP contribution in [0.3, 0.4) is 0 Å². The van der Waals surface area contributed by atoms with E-state index < -0.39 is 0 Å². The number of halogens is 1. The highest BCUT2D eigenvalue weighted by Crippen LogP contribution is 2.40. The third-order valence-electron chi connectivity index (χ3n) is 4.55. The van der Waals surface area contributed by atoms with Crippen molar-refractivity contribution in [2.75, 3.05) is 20.8 Å². The smallest absolute Gasteiger partial charge is 0.122 e. The van der Waals surface area contributed by atoms with Gasteiger partial charge in [-0.1, -0.05) is 22.9 Å². The first kappa shape index (κ1) is 16.8. The molecule has 0 aromatic heterocycles. The van der Waals surface area contributed by atoms with Crippen LogP contribution in [0.15, 0.2) is 22.7 Å². The normalized spacial score (nSPS) is 18.1. The van der Waals surface area contributed by atoms with Crippen LogP contribution in [0, 0.1) is 0 Å². The van der Waals surface area contributed by atoms with E-state index in [1.807, 2.05) is 19.2 Å². The van der Waals surface area contributed by atoms with E-state index >= 15 is 0 Å². The van der Waals surface area contributed by atoms with Crippen LogP contribution in [0.25, 0.3) is 0 Å². The summed E-state index contributed by atoms with van der Waals surface area (Å²) >= 11 is 3.56. The van der Waals surface area contributed by atoms with E-state index in [2.05, 4.69) is 34.2 Å². The lowest BCUT2D eigenvalue weighted by atomic mass is 9.72. The molecule has 1 unspecified atom stereocenters. The fraction of sp³-hybridized carbons (Fsp3) is 0.647. The average Bonchev–Trinajstić information content (AvgIpc) is 2.44. The Balaban J connectivity index is 2.20. The van der Waals surface area contributed by atoms with Crippen LogP contribution in [-0.4, -0.2) is 32.4 Å². The number of ether oxygens (including phenoxy) is 2. The van der Waals surface area contributed by atoms with Gasteiger partial charge in [0.25, 0.3) is 0 Å². The quantitative estimate of drug-likeness (QED) is 0.765. The first-order chi connectivity index (χ1) is 10.1. The number of benzene rings is 1. The predicted octanol–water partition coefficient (Wildman–Crippen LogP) is 3.94. The molecular formula is C17H26BrNO2. The molecule has 0 saturated heterocycles. The monoisotopic (exact) mass is 355 g/mol. The second-order valence-electron chi connectivity index (χ2n) is 5.79. The highest BCUT2D eigenvalue weighted by Gasteiger charge is 2.44. The summed E-state index contributed by atoms with van der Waals surface area (Å²) in [5.41, 5.74) is 1.21. The third-order valence-corrected chi connectivity index (χ3v) is 5.04. The van der Waals surface area contributed by atoms with Crippen molar-refractivity contribution in [2.24, 2.45) is 0 Å². The molecular weight excluding hydrogens is 330 g/mol. The Morgan fingerprint density at radius 2 is 2.10 bits per heavy atom. The third kappa shape index (κ3) is 3.79. The standard InChI is InChI=1S/C17H26BrNO2/c1-4-10-19-16(17(21-3)8-5-9-17)12-13-11-14(18)6-7-15(13)20-2/h6-7,11,16,19H,4-5,8-10,12H2,1-3H3. The molecule has 1 fully saturated rings. The van der Waals surface area contributed by atoms with Gasteiger partial charge in [0, 0.05) is 17.6 Å². The first-order valence-corrected chi connectivity index (χ1v) is 8.55. The van der Waals surface area contributed by atoms with Crippen LogP contribution in [0.4, 0.5) is 0 Å². The second-order valence-corrected chi connectivity index (χ2v) is 6.71. The second kappa shape index (κ2) is 7.61. The molecule has 0 radical (unpaired) electrons. The summed E-state index contributed by atoms with van der Waals surface area (Å²) in [5, 5.41) is 3.69. The van der Waals surface area contributed by atoms with Crippen molar-refractivity contribution < 1.29 is 9.47 Å². The molecule has 118 valence electrons. The van der Waals surface area contributed by atoms with Crippen LogP contribution in [0.2, 0.25) is 0 Å². The van der Waals surface area contributed by atoms with Crippen LogP contribution >= 0.6 is 15.9 Å². The minimum absolute atomic E-state index is 0.0114. The zero-order valence-electron chi connectivity index (χ0n) is 13.2. The topological polar surface area (TPSA) is 30.5 Å². The van der Waals surface area contributed by atoms with E-state index in [9.17, 15) is 0 Å². The molecule has 0 spiro atoms. The van der Waals surface area contributed by atoms with Gasteiger partial charge < -0.3 is 14.8 Å². The molecule has 1 aromatic rings. The number of hydrogen-bond donors (Lipinski definition) is 1. The lowest BCUT2D eigenvalue weighted by Crippen LogP contribution is -2.57. The summed E-state index contributed by atoms with van der Waals surface area (Å²) < 4.78 is 12.5. The van der Waals surface area contributed by atoms with Crippen molar-refractivity contribution in [1.82, 2.24) is 5.32 Å². The highest BCUT2D eigenvalue weighted by atomic mass is 79.9. The minimum Gasteiger partial charge on any atom is -0.496 e. The molecule has 0 bridgehead atoms. The van der Waals surface area contributed by atoms with Crippen molar-refractivity contribution in [3.63, 3.8) is 0 Å². The molecule has 1 aliphatic carbocycles. The fourth-order valence-electron chi connectivity index (χ4n) is 3.11. The molecule has 1 atom stereocenters. The van der Waals surface area contributed by atoms with Gasteiger partial charge in [-0.15, -0.1) is 0 Å². The zero-order chi connectivity index (χ0) is 15.3. The molecule has 0 aliphatic heterocycles. The summed E-state index contributed by atoms with van der Waals surface area (Å²) in [4.78, 5) is 0. The Morgan fingerprint density at radius 3 is 2.62 bits per heavy atom. The van der Waals surface area contributed by atoms with Gasteiger partial charge in [0.15, 0.2) is 0 Å². The summed E-state index contributed by atoms with van der Waals surface area (Å²) in [5.74, 6) is 0.951. The van der Waals surface area contributed by atoms with Gasteiger partial charge in [-0.3, -0.25) is 0 Å². The number of hydrogen-bond acceptors (Lipinski definition) is 3. The van der Waals surface area contributed by atoms with Crippen LogP contribution < -0.4 is 10.1 Å². The Labute approximate surface area is 136 Å². The summed E-state index contributed by atoms with van der Waals surface area (Å²) in [7, 11) is 3.58. The lowest BCUT2D eigenvalue weighted by Gasteiger charge is -2.47. The van der Waals surface area contributed by atoms with Crippen LogP contribution in [-0.2, 0) is 11.2 Å². The maximum Gasteiger partial charge on any atom is 0.122 e. The largest absolute Gasteiger partial charge is 0.496 e. The number of methoxy groups -OCH3 is 2. The summed E-state index contributed by atoms with van der Waals surface area (Å²) in [6.07, 6.45) is 5.60. The van der Waals surface area contributed by atoms with Crippen molar-refractivity contribution in [3.05, 3.63) is 28.2 Å². The van der Waals surface area contributed by atoms with E-state index in [0.29, 0.717) is 6.04 Å². The molecule has 1 N–H and O–H groups in total. The first-order valence-electron chi connectivity index (χ1n) is 7.76. The maximum absolute atomic E-state index is 5.89. The van der Waals surface area contributed by atoms with Gasteiger partial charge in [-0.25, -0.2) is 0 Å². The molecule has 3 nitrogen and oxygen atoms in total. The molecule has 2 rings (SSSR count). The van der Waals surface area contributed by atoms with Gasteiger partial charge in [-0.2, -0.15) is 0 Å². The Morgan fingerprint density at radius 1 is 1.33 bits per heavy atom. The van der Waals surface area contributed by atoms with Crippen LogP contribution in [0.5, 0.6) is 5.75 Å². The molecule has 21 heavy (non-hydrogen) atoms. The van der Waals surface area contributed by atoms with E-state index in [4.69, 9.17) is 9.47 Å². The average molecular weight is 356 g/mol. The minimum atomic E-state index is -0.0114. The summed E-state index contributed by atoms with van der Waals surface area (Å²) in [6.45, 7) is 3.22. The fourth-order valence-corrected chi connectivity index (χ4v) is 3.52. The molecule has 1 saturated carbocycles. The SMILES string of the molecule is CCCNC(Cc1cc(Br)ccc1OC)C1(OC)CCC1. The lowest BCUT2D eigenvalue weighted by molar-refractivity contribution is -0.0981. The van der Waals surface area contributed by atoms with Gasteiger partial charge in [0.2, 0.25) is 0 Å². The Hall–Kier alpha value is -0.580.